The molecule has 0 saturated carbocycles. The second-order valence-corrected chi connectivity index (χ2v) is 6.69. The molecule has 0 bridgehead atoms. The van der Waals surface area contributed by atoms with Gasteiger partial charge in [0.25, 0.3) is 0 Å². The van der Waals surface area contributed by atoms with Gasteiger partial charge in [-0.15, -0.1) is 0 Å². The van der Waals surface area contributed by atoms with Gasteiger partial charge < -0.3 is 14.4 Å². The highest BCUT2D eigenvalue weighted by Crippen LogP contribution is 2.38. The standard InChI is InChI=1S/C16H25BO3/c1-12(13-9-7-6-8-10-13)14(18)11-17-19-15(2,3)16(4,5)20-17/h6-10,12,14,18H,11H2,1-5H3. The van der Waals surface area contributed by atoms with Crippen molar-refractivity contribution in [2.24, 2.45) is 0 Å². The first-order valence-corrected chi connectivity index (χ1v) is 7.31. The molecule has 110 valence electrons. The van der Waals surface area contributed by atoms with Gasteiger partial charge in [-0.25, -0.2) is 0 Å². The van der Waals surface area contributed by atoms with E-state index in [0.29, 0.717) is 6.32 Å². The molecule has 1 saturated heterocycles. The first-order valence-electron chi connectivity index (χ1n) is 7.31. The van der Waals surface area contributed by atoms with Crippen LogP contribution in [0.3, 0.4) is 0 Å². The van der Waals surface area contributed by atoms with Crippen molar-refractivity contribution in [1.82, 2.24) is 0 Å². The van der Waals surface area contributed by atoms with Crippen molar-refractivity contribution < 1.29 is 14.4 Å². The van der Waals surface area contributed by atoms with Gasteiger partial charge in [0.2, 0.25) is 0 Å². The lowest BCUT2D eigenvalue weighted by atomic mass is 9.77. The fraction of sp³-hybridized carbons (Fsp3) is 0.625. The van der Waals surface area contributed by atoms with Crippen LogP contribution in [0, 0.1) is 0 Å². The molecular formula is C16H25BO3. The summed E-state index contributed by atoms with van der Waals surface area (Å²) in [6, 6.07) is 10.0. The third kappa shape index (κ3) is 3.08. The summed E-state index contributed by atoms with van der Waals surface area (Å²) in [7, 11) is -0.346. The molecule has 1 aromatic rings. The first kappa shape index (κ1) is 15.6. The molecule has 2 atom stereocenters. The second kappa shape index (κ2) is 5.51. The van der Waals surface area contributed by atoms with Crippen LogP contribution < -0.4 is 0 Å². The molecular weight excluding hydrogens is 251 g/mol. The molecule has 0 spiro atoms. The Bertz CT molecular complexity index is 428. The molecule has 1 fully saturated rings. The van der Waals surface area contributed by atoms with Crippen molar-refractivity contribution in [3.05, 3.63) is 35.9 Å². The van der Waals surface area contributed by atoms with Gasteiger partial charge in [0.15, 0.2) is 0 Å². The Morgan fingerprint density at radius 2 is 1.55 bits per heavy atom. The van der Waals surface area contributed by atoms with E-state index in [2.05, 4.69) is 0 Å². The lowest BCUT2D eigenvalue weighted by Gasteiger charge is -2.32. The predicted octanol–water partition coefficient (Wildman–Crippen LogP) is 3.24. The molecule has 2 rings (SSSR count). The van der Waals surface area contributed by atoms with E-state index in [-0.39, 0.29) is 24.2 Å². The average Bonchev–Trinajstić information content (AvgIpc) is 2.57. The van der Waals surface area contributed by atoms with E-state index >= 15 is 0 Å². The molecule has 3 nitrogen and oxygen atoms in total. The fourth-order valence-electron chi connectivity index (χ4n) is 2.44. The highest BCUT2D eigenvalue weighted by molar-refractivity contribution is 6.45. The molecule has 20 heavy (non-hydrogen) atoms. The quantitative estimate of drug-likeness (QED) is 0.858. The Morgan fingerprint density at radius 1 is 1.05 bits per heavy atom. The number of benzene rings is 1. The summed E-state index contributed by atoms with van der Waals surface area (Å²) in [5.74, 6) is 0.0650. The van der Waals surface area contributed by atoms with Crippen LogP contribution in [0.4, 0.5) is 0 Å². The van der Waals surface area contributed by atoms with E-state index < -0.39 is 6.10 Å². The molecule has 0 radical (unpaired) electrons. The summed E-state index contributed by atoms with van der Waals surface area (Å²) in [5, 5.41) is 10.4. The number of aliphatic hydroxyl groups excluding tert-OH is 1. The summed E-state index contributed by atoms with van der Waals surface area (Å²) in [6.07, 6.45) is 0.00947. The van der Waals surface area contributed by atoms with Gasteiger partial charge in [0.05, 0.1) is 17.3 Å². The third-order valence-corrected chi connectivity index (χ3v) is 4.64. The van der Waals surface area contributed by atoms with Crippen LogP contribution in [0.15, 0.2) is 30.3 Å². The number of hydrogen-bond acceptors (Lipinski definition) is 3. The molecule has 2 unspecified atom stereocenters. The largest absolute Gasteiger partial charge is 0.460 e. The summed E-state index contributed by atoms with van der Waals surface area (Å²) in [5.41, 5.74) is 0.456. The molecule has 1 aliphatic rings. The predicted molar refractivity (Wildman–Crippen MR) is 81.8 cm³/mol. The minimum Gasteiger partial charge on any atom is -0.403 e. The van der Waals surface area contributed by atoms with Crippen LogP contribution in [-0.4, -0.2) is 29.5 Å². The van der Waals surface area contributed by atoms with Gasteiger partial charge >= 0.3 is 7.12 Å². The van der Waals surface area contributed by atoms with E-state index in [1.54, 1.807) is 0 Å². The fourth-order valence-corrected chi connectivity index (χ4v) is 2.44. The van der Waals surface area contributed by atoms with Gasteiger partial charge in [-0.05, 0) is 33.3 Å². The maximum atomic E-state index is 10.4. The van der Waals surface area contributed by atoms with Gasteiger partial charge in [0, 0.05) is 12.2 Å². The van der Waals surface area contributed by atoms with Crippen LogP contribution >= 0.6 is 0 Å². The molecule has 0 amide bonds. The van der Waals surface area contributed by atoms with Crippen molar-refractivity contribution in [3.8, 4) is 0 Å². The number of rotatable bonds is 4. The Labute approximate surface area is 122 Å². The molecule has 0 aliphatic carbocycles. The van der Waals surface area contributed by atoms with Crippen LogP contribution in [0.25, 0.3) is 0 Å². The summed E-state index contributed by atoms with van der Waals surface area (Å²) < 4.78 is 11.9. The van der Waals surface area contributed by atoms with Crippen molar-refractivity contribution >= 4 is 7.12 Å². The van der Waals surface area contributed by atoms with Crippen molar-refractivity contribution in [2.45, 2.75) is 64.2 Å². The highest BCUT2D eigenvalue weighted by atomic mass is 16.7. The molecule has 0 aromatic heterocycles. The zero-order chi connectivity index (χ0) is 15.0. The van der Waals surface area contributed by atoms with E-state index in [0.717, 1.165) is 5.56 Å². The molecule has 1 heterocycles. The maximum absolute atomic E-state index is 10.4. The van der Waals surface area contributed by atoms with Crippen LogP contribution in [-0.2, 0) is 9.31 Å². The van der Waals surface area contributed by atoms with Crippen LogP contribution in [0.1, 0.15) is 46.1 Å². The van der Waals surface area contributed by atoms with Crippen molar-refractivity contribution in [3.63, 3.8) is 0 Å². The van der Waals surface area contributed by atoms with Crippen molar-refractivity contribution in [2.75, 3.05) is 0 Å². The van der Waals surface area contributed by atoms with Crippen LogP contribution in [0.5, 0.6) is 0 Å². The molecule has 1 aliphatic heterocycles. The summed E-state index contributed by atoms with van der Waals surface area (Å²) in [6.45, 7) is 10.1. The van der Waals surface area contributed by atoms with Gasteiger partial charge in [-0.2, -0.15) is 0 Å². The zero-order valence-electron chi connectivity index (χ0n) is 13.1. The molecule has 1 N–H and O–H groups in total. The Hall–Kier alpha value is -0.835. The summed E-state index contributed by atoms with van der Waals surface area (Å²) in [4.78, 5) is 0. The molecule has 1 aromatic carbocycles. The van der Waals surface area contributed by atoms with E-state index in [4.69, 9.17) is 9.31 Å². The lowest BCUT2D eigenvalue weighted by Crippen LogP contribution is -2.41. The first-order chi connectivity index (χ1) is 9.23. The maximum Gasteiger partial charge on any atom is 0.460 e. The second-order valence-electron chi connectivity index (χ2n) is 6.69. The minimum absolute atomic E-state index is 0.0650. The van der Waals surface area contributed by atoms with Gasteiger partial charge in [-0.3, -0.25) is 0 Å². The van der Waals surface area contributed by atoms with E-state index in [9.17, 15) is 5.11 Å². The van der Waals surface area contributed by atoms with Gasteiger partial charge in [0.1, 0.15) is 0 Å². The Morgan fingerprint density at radius 3 is 2.05 bits per heavy atom. The molecule has 4 heteroatoms. The van der Waals surface area contributed by atoms with Crippen LogP contribution in [0.2, 0.25) is 6.32 Å². The summed E-state index contributed by atoms with van der Waals surface area (Å²) >= 11 is 0. The normalized spacial score (nSPS) is 23.6. The van der Waals surface area contributed by atoms with E-state index in [1.807, 2.05) is 65.0 Å². The third-order valence-electron chi connectivity index (χ3n) is 4.64. The van der Waals surface area contributed by atoms with Gasteiger partial charge in [-0.1, -0.05) is 37.3 Å². The number of hydrogen-bond donors (Lipinski definition) is 1. The topological polar surface area (TPSA) is 38.7 Å². The lowest BCUT2D eigenvalue weighted by molar-refractivity contribution is 0.00578. The highest BCUT2D eigenvalue weighted by Gasteiger charge is 2.51. The Kier molecular flexibility index (Phi) is 4.28. The van der Waals surface area contributed by atoms with Crippen molar-refractivity contribution in [1.29, 1.82) is 0 Å². The number of aliphatic hydroxyl groups is 1. The zero-order valence-corrected chi connectivity index (χ0v) is 13.1. The van der Waals surface area contributed by atoms with E-state index in [1.165, 1.54) is 0 Å². The monoisotopic (exact) mass is 276 g/mol. The Balaban J connectivity index is 1.98. The smallest absolute Gasteiger partial charge is 0.403 e. The SMILES string of the molecule is CC(c1ccccc1)C(O)CB1OC(C)(C)C(C)(C)O1. The average molecular weight is 276 g/mol. The minimum atomic E-state index is -0.480.